The van der Waals surface area contributed by atoms with Crippen LogP contribution in [0.2, 0.25) is 5.02 Å². The van der Waals surface area contributed by atoms with Crippen LogP contribution in [0.5, 0.6) is 0 Å². The van der Waals surface area contributed by atoms with Gasteiger partial charge in [0, 0.05) is 55.6 Å². The van der Waals surface area contributed by atoms with E-state index in [0.29, 0.717) is 39.3 Å². The smallest absolute Gasteiger partial charge is 0.331 e. The van der Waals surface area contributed by atoms with E-state index in [0.717, 1.165) is 0 Å². The molecule has 0 aliphatic rings. The molecule has 0 radical (unpaired) electrons. The Balaban J connectivity index is 1.71. The second kappa shape index (κ2) is 11.1. The molecule has 3 rings (SSSR count). The molecule has 1 atom stereocenters. The van der Waals surface area contributed by atoms with Gasteiger partial charge in [-0.3, -0.25) is 28.5 Å². The van der Waals surface area contributed by atoms with Crippen molar-refractivity contribution in [3.63, 3.8) is 0 Å². The van der Waals surface area contributed by atoms with Crippen molar-refractivity contribution >= 4 is 46.2 Å². The zero-order chi connectivity index (χ0) is 25.7. The van der Waals surface area contributed by atoms with Crippen LogP contribution in [0, 0.1) is 0 Å². The van der Waals surface area contributed by atoms with Gasteiger partial charge in [-0.1, -0.05) is 17.7 Å². The van der Waals surface area contributed by atoms with Crippen LogP contribution in [0.1, 0.15) is 43.1 Å². The summed E-state index contributed by atoms with van der Waals surface area (Å²) in [7, 11) is 1.63. The summed E-state index contributed by atoms with van der Waals surface area (Å²) >= 11 is 6.18. The first-order chi connectivity index (χ1) is 16.7. The average Bonchev–Trinajstić information content (AvgIpc) is 2.81. The van der Waals surface area contributed by atoms with E-state index in [9.17, 15) is 19.2 Å². The minimum absolute atomic E-state index is 0.0196. The van der Waals surface area contributed by atoms with Crippen LogP contribution in [0.4, 0.5) is 5.69 Å². The second-order valence-corrected chi connectivity index (χ2v) is 8.47. The molecule has 9 nitrogen and oxygen atoms in total. The van der Waals surface area contributed by atoms with Crippen molar-refractivity contribution in [1.82, 2.24) is 14.5 Å². The molecule has 2 aromatic carbocycles. The molecule has 0 bridgehead atoms. The summed E-state index contributed by atoms with van der Waals surface area (Å²) in [5.74, 6) is -0.681. The normalized spacial score (nSPS) is 12.1. The zero-order valence-electron chi connectivity index (χ0n) is 20.1. The maximum absolute atomic E-state index is 12.8. The third-order valence-corrected chi connectivity index (χ3v) is 5.87. The molecule has 1 unspecified atom stereocenters. The topological polar surface area (TPSA) is 115 Å². The molecule has 1 heterocycles. The van der Waals surface area contributed by atoms with E-state index in [1.165, 1.54) is 9.13 Å². The highest BCUT2D eigenvalue weighted by Gasteiger charge is 2.16. The van der Waals surface area contributed by atoms with Crippen LogP contribution < -0.4 is 21.9 Å². The number of hydrogen-bond donors (Lipinski definition) is 2. The fourth-order valence-electron chi connectivity index (χ4n) is 3.85. The molecule has 0 spiro atoms. The number of rotatable bonds is 8. The summed E-state index contributed by atoms with van der Waals surface area (Å²) in [6.07, 6.45) is 1.62. The first-order valence-corrected chi connectivity index (χ1v) is 11.7. The van der Waals surface area contributed by atoms with E-state index < -0.39 is 11.6 Å². The van der Waals surface area contributed by atoms with Gasteiger partial charge in [-0.2, -0.15) is 0 Å². The van der Waals surface area contributed by atoms with Crippen molar-refractivity contribution in [2.75, 3.05) is 12.4 Å². The summed E-state index contributed by atoms with van der Waals surface area (Å²) < 4.78 is 2.69. The summed E-state index contributed by atoms with van der Waals surface area (Å²) in [6, 6.07) is 9.30. The van der Waals surface area contributed by atoms with Crippen molar-refractivity contribution in [2.24, 2.45) is 4.99 Å². The number of carbonyl (C=O) groups excluding carboxylic acids is 2. The number of anilines is 1. The van der Waals surface area contributed by atoms with Crippen molar-refractivity contribution in [3.05, 3.63) is 73.4 Å². The monoisotopic (exact) mass is 497 g/mol. The van der Waals surface area contributed by atoms with Gasteiger partial charge >= 0.3 is 5.69 Å². The molecule has 10 heteroatoms. The molecule has 1 aromatic heterocycles. The highest BCUT2D eigenvalue weighted by molar-refractivity contribution is 6.33. The van der Waals surface area contributed by atoms with Gasteiger partial charge < -0.3 is 10.6 Å². The number of benzene rings is 2. The largest absolute Gasteiger partial charge is 0.349 e. The quantitative estimate of drug-likeness (QED) is 0.465. The summed E-state index contributed by atoms with van der Waals surface area (Å²) in [5.41, 5.74) is 1.27. The molecule has 0 aliphatic heterocycles. The maximum Gasteiger partial charge on any atom is 0.331 e. The molecular weight excluding hydrogens is 470 g/mol. The third kappa shape index (κ3) is 5.68. The lowest BCUT2D eigenvalue weighted by molar-refractivity contribution is -0.116. The minimum atomic E-state index is -0.457. The van der Waals surface area contributed by atoms with Crippen LogP contribution in [-0.4, -0.2) is 40.3 Å². The fraction of sp³-hybridized carbons (Fsp3) is 0.320. The molecule has 0 saturated carbocycles. The number of nitrogens with zero attached hydrogens (tertiary/aromatic N) is 3. The van der Waals surface area contributed by atoms with E-state index in [-0.39, 0.29) is 30.5 Å². The van der Waals surface area contributed by atoms with Gasteiger partial charge in [0.25, 0.3) is 11.5 Å². The van der Waals surface area contributed by atoms with Crippen molar-refractivity contribution in [3.8, 4) is 0 Å². The Bertz CT molecular complexity index is 1420. The van der Waals surface area contributed by atoms with E-state index in [1.807, 2.05) is 6.92 Å². The minimum Gasteiger partial charge on any atom is -0.349 e. The average molecular weight is 498 g/mol. The van der Waals surface area contributed by atoms with Crippen molar-refractivity contribution in [2.45, 2.75) is 46.3 Å². The predicted molar refractivity (Wildman–Crippen MR) is 139 cm³/mol. The first-order valence-electron chi connectivity index (χ1n) is 11.3. The number of aryl methyl sites for hydroxylation is 1. The van der Waals surface area contributed by atoms with Gasteiger partial charge in [0.2, 0.25) is 5.91 Å². The first kappa shape index (κ1) is 25.9. The molecule has 2 N–H and O–H groups in total. The number of hydrogen-bond acceptors (Lipinski definition) is 5. The molecule has 2 amide bonds. The molecule has 0 saturated heterocycles. The number of aromatic nitrogens is 2. The van der Waals surface area contributed by atoms with Crippen LogP contribution in [-0.2, 0) is 17.9 Å². The fourth-order valence-corrected chi connectivity index (χ4v) is 4.08. The number of carbonyl (C=O) groups is 2. The number of aliphatic imine (C=N–C) groups is 1. The van der Waals surface area contributed by atoms with E-state index in [1.54, 1.807) is 63.5 Å². The summed E-state index contributed by atoms with van der Waals surface area (Å²) in [6.45, 7) is 5.95. The van der Waals surface area contributed by atoms with Crippen molar-refractivity contribution in [1.29, 1.82) is 0 Å². The van der Waals surface area contributed by atoms with Crippen LogP contribution in [0.15, 0.2) is 51.0 Å². The SMILES string of the molecule is CCn1c(=O)c2cc(NC(=O)CC(C)NC(=O)c3ccc(C=NC)c(Cl)c3)ccc2n(CC)c1=O. The van der Waals surface area contributed by atoms with Gasteiger partial charge in [0.05, 0.1) is 15.9 Å². The van der Waals surface area contributed by atoms with Crippen LogP contribution in [0.3, 0.4) is 0 Å². The predicted octanol–water partition coefficient (Wildman–Crippen LogP) is 3.05. The van der Waals surface area contributed by atoms with E-state index in [4.69, 9.17) is 11.6 Å². The summed E-state index contributed by atoms with van der Waals surface area (Å²) in [4.78, 5) is 54.3. The number of fused-ring (bicyclic) bond motifs is 1. The Labute approximate surface area is 207 Å². The second-order valence-electron chi connectivity index (χ2n) is 8.06. The van der Waals surface area contributed by atoms with Gasteiger partial charge in [-0.15, -0.1) is 0 Å². The lowest BCUT2D eigenvalue weighted by Gasteiger charge is -2.15. The molecule has 184 valence electrons. The van der Waals surface area contributed by atoms with Crippen LogP contribution in [0.25, 0.3) is 10.9 Å². The maximum atomic E-state index is 12.8. The Hall–Kier alpha value is -3.72. The van der Waals surface area contributed by atoms with Crippen LogP contribution >= 0.6 is 11.6 Å². The lowest BCUT2D eigenvalue weighted by Crippen LogP contribution is -2.39. The Kier molecular flexibility index (Phi) is 8.24. The van der Waals surface area contributed by atoms with Gasteiger partial charge in [-0.05, 0) is 51.1 Å². The standard InChI is InChI=1S/C25H28ClN5O4/c1-5-30-21-10-9-18(13-19(21)24(34)31(6-2)25(30)35)29-22(32)11-15(3)28-23(33)16-7-8-17(14-27-4)20(26)12-16/h7-10,12-15H,5-6,11H2,1-4H3,(H,28,33)(H,29,32). The molecular formula is C25H28ClN5O4. The lowest BCUT2D eigenvalue weighted by atomic mass is 10.1. The van der Waals surface area contributed by atoms with Crippen molar-refractivity contribution < 1.29 is 9.59 Å². The molecule has 0 aliphatic carbocycles. The molecule has 35 heavy (non-hydrogen) atoms. The van der Waals surface area contributed by atoms with E-state index >= 15 is 0 Å². The highest BCUT2D eigenvalue weighted by atomic mass is 35.5. The molecule has 0 fully saturated rings. The number of amides is 2. The number of nitrogens with one attached hydrogen (secondary N) is 2. The molecule has 3 aromatic rings. The third-order valence-electron chi connectivity index (χ3n) is 5.54. The summed E-state index contributed by atoms with van der Waals surface area (Å²) in [5, 5.41) is 6.30. The highest BCUT2D eigenvalue weighted by Crippen LogP contribution is 2.18. The van der Waals surface area contributed by atoms with Gasteiger partial charge in [-0.25, -0.2) is 4.79 Å². The van der Waals surface area contributed by atoms with Gasteiger partial charge in [0.15, 0.2) is 0 Å². The zero-order valence-corrected chi connectivity index (χ0v) is 20.8. The number of halogens is 1. The Morgan fingerprint density at radius 2 is 1.80 bits per heavy atom. The Morgan fingerprint density at radius 1 is 1.09 bits per heavy atom. The van der Waals surface area contributed by atoms with E-state index in [2.05, 4.69) is 15.6 Å². The van der Waals surface area contributed by atoms with Gasteiger partial charge in [0.1, 0.15) is 0 Å². The Morgan fingerprint density at radius 3 is 2.43 bits per heavy atom.